The van der Waals surface area contributed by atoms with E-state index >= 15 is 0 Å². The fraction of sp³-hybridized carbons (Fsp3) is 0.154. The number of carbonyl (C=O) groups excluding carboxylic acids is 1. The Hall–Kier alpha value is -2.63. The van der Waals surface area contributed by atoms with E-state index in [-0.39, 0.29) is 18.2 Å². The van der Waals surface area contributed by atoms with E-state index in [2.05, 4.69) is 10.3 Å². The first-order chi connectivity index (χ1) is 9.08. The lowest BCUT2D eigenvalue weighted by molar-refractivity contribution is 0.0660. The number of carbonyl (C=O) groups is 2. The van der Waals surface area contributed by atoms with Crippen molar-refractivity contribution in [3.63, 3.8) is 0 Å². The SMILES string of the molecule is Cc1cccnc1C(=O)NCc1ccc(C(=O)O)o1. The van der Waals surface area contributed by atoms with Crippen molar-refractivity contribution in [1.82, 2.24) is 10.3 Å². The number of furan rings is 1. The summed E-state index contributed by atoms with van der Waals surface area (Å²) in [6.07, 6.45) is 1.54. The second kappa shape index (κ2) is 5.34. The van der Waals surface area contributed by atoms with Crippen LogP contribution in [0.2, 0.25) is 0 Å². The van der Waals surface area contributed by atoms with Gasteiger partial charge in [-0.15, -0.1) is 0 Å². The van der Waals surface area contributed by atoms with Crippen LogP contribution in [0.15, 0.2) is 34.9 Å². The van der Waals surface area contributed by atoms with Crippen LogP contribution in [0, 0.1) is 6.92 Å². The molecule has 2 heterocycles. The third kappa shape index (κ3) is 2.98. The molecular weight excluding hydrogens is 248 g/mol. The minimum absolute atomic E-state index is 0.113. The van der Waals surface area contributed by atoms with Gasteiger partial charge in [0, 0.05) is 6.20 Å². The van der Waals surface area contributed by atoms with E-state index < -0.39 is 5.97 Å². The van der Waals surface area contributed by atoms with Gasteiger partial charge in [-0.25, -0.2) is 4.79 Å². The third-order valence-corrected chi connectivity index (χ3v) is 2.52. The standard InChI is InChI=1S/C13H12N2O4/c1-8-3-2-6-14-11(8)12(16)15-7-9-4-5-10(19-9)13(17)18/h2-6H,7H2,1H3,(H,15,16)(H,17,18). The van der Waals surface area contributed by atoms with Crippen LogP contribution in [0.1, 0.15) is 32.4 Å². The Bertz CT molecular complexity index is 619. The highest BCUT2D eigenvalue weighted by molar-refractivity contribution is 5.93. The highest BCUT2D eigenvalue weighted by atomic mass is 16.4. The second-order valence-electron chi connectivity index (χ2n) is 3.92. The largest absolute Gasteiger partial charge is 0.475 e. The summed E-state index contributed by atoms with van der Waals surface area (Å²) >= 11 is 0. The van der Waals surface area contributed by atoms with Gasteiger partial charge in [-0.05, 0) is 30.7 Å². The Morgan fingerprint density at radius 2 is 2.16 bits per heavy atom. The van der Waals surface area contributed by atoms with Crippen molar-refractivity contribution in [2.24, 2.45) is 0 Å². The van der Waals surface area contributed by atoms with E-state index in [1.807, 2.05) is 0 Å². The molecule has 2 rings (SSSR count). The van der Waals surface area contributed by atoms with Crippen LogP contribution in [0.25, 0.3) is 0 Å². The zero-order valence-electron chi connectivity index (χ0n) is 10.2. The molecule has 0 saturated carbocycles. The van der Waals surface area contributed by atoms with Crippen LogP contribution < -0.4 is 5.32 Å². The predicted octanol–water partition coefficient (Wildman–Crippen LogP) is 1.61. The van der Waals surface area contributed by atoms with Gasteiger partial charge < -0.3 is 14.8 Å². The minimum Gasteiger partial charge on any atom is -0.475 e. The molecule has 6 heteroatoms. The Morgan fingerprint density at radius 3 is 2.79 bits per heavy atom. The van der Waals surface area contributed by atoms with Gasteiger partial charge in [0.25, 0.3) is 5.91 Å². The monoisotopic (exact) mass is 260 g/mol. The summed E-state index contributed by atoms with van der Waals surface area (Å²) in [4.78, 5) is 26.5. The maximum atomic E-state index is 11.8. The number of aryl methyl sites for hydroxylation is 1. The first-order valence-electron chi connectivity index (χ1n) is 5.60. The van der Waals surface area contributed by atoms with E-state index in [0.29, 0.717) is 11.5 Å². The molecule has 0 radical (unpaired) electrons. The van der Waals surface area contributed by atoms with Crippen LogP contribution in [0.5, 0.6) is 0 Å². The Morgan fingerprint density at radius 1 is 1.37 bits per heavy atom. The van der Waals surface area contributed by atoms with E-state index in [9.17, 15) is 9.59 Å². The lowest BCUT2D eigenvalue weighted by atomic mass is 10.2. The number of nitrogens with zero attached hydrogens (tertiary/aromatic N) is 1. The van der Waals surface area contributed by atoms with Crippen molar-refractivity contribution in [3.8, 4) is 0 Å². The van der Waals surface area contributed by atoms with Gasteiger partial charge in [-0.3, -0.25) is 9.78 Å². The zero-order valence-corrected chi connectivity index (χ0v) is 10.2. The van der Waals surface area contributed by atoms with E-state index in [0.717, 1.165) is 5.56 Å². The maximum Gasteiger partial charge on any atom is 0.371 e. The minimum atomic E-state index is -1.14. The summed E-state index contributed by atoms with van der Waals surface area (Å²) in [5, 5.41) is 11.3. The van der Waals surface area contributed by atoms with Crippen LogP contribution in [-0.2, 0) is 6.54 Å². The van der Waals surface area contributed by atoms with Crippen molar-refractivity contribution >= 4 is 11.9 Å². The van der Waals surface area contributed by atoms with Crippen LogP contribution >= 0.6 is 0 Å². The summed E-state index contributed by atoms with van der Waals surface area (Å²) in [5.74, 6) is -1.25. The predicted molar refractivity (Wildman–Crippen MR) is 65.8 cm³/mol. The number of amides is 1. The molecule has 2 N–H and O–H groups in total. The first kappa shape index (κ1) is 12.8. The summed E-state index contributed by atoms with van der Waals surface area (Å²) in [5.41, 5.74) is 1.11. The highest BCUT2D eigenvalue weighted by Gasteiger charge is 2.12. The first-order valence-corrected chi connectivity index (χ1v) is 5.60. The number of nitrogens with one attached hydrogen (secondary N) is 1. The normalized spacial score (nSPS) is 10.2. The molecule has 0 aliphatic heterocycles. The molecule has 6 nitrogen and oxygen atoms in total. The number of aromatic nitrogens is 1. The number of hydrogen-bond acceptors (Lipinski definition) is 4. The lowest BCUT2D eigenvalue weighted by Crippen LogP contribution is -2.24. The Labute approximate surface area is 109 Å². The molecule has 1 amide bonds. The molecule has 19 heavy (non-hydrogen) atoms. The van der Waals surface area contributed by atoms with Crippen molar-refractivity contribution in [3.05, 3.63) is 53.2 Å². The van der Waals surface area contributed by atoms with Gasteiger partial charge in [-0.2, -0.15) is 0 Å². The topological polar surface area (TPSA) is 92.4 Å². The van der Waals surface area contributed by atoms with E-state index in [1.165, 1.54) is 18.3 Å². The number of hydrogen-bond donors (Lipinski definition) is 2. The molecule has 0 spiro atoms. The smallest absolute Gasteiger partial charge is 0.371 e. The molecule has 0 bridgehead atoms. The van der Waals surface area contributed by atoms with Crippen molar-refractivity contribution < 1.29 is 19.1 Å². The Kier molecular flexibility index (Phi) is 3.61. The molecule has 0 unspecified atom stereocenters. The fourth-order valence-corrected chi connectivity index (χ4v) is 1.56. The number of pyridine rings is 1. The summed E-state index contributed by atoms with van der Waals surface area (Å²) in [7, 11) is 0. The number of carboxylic acids is 1. The van der Waals surface area contributed by atoms with Gasteiger partial charge in [0.2, 0.25) is 5.76 Å². The third-order valence-electron chi connectivity index (χ3n) is 2.52. The molecule has 0 atom stereocenters. The number of rotatable bonds is 4. The molecule has 2 aromatic heterocycles. The van der Waals surface area contributed by atoms with Crippen molar-refractivity contribution in [2.45, 2.75) is 13.5 Å². The van der Waals surface area contributed by atoms with E-state index in [1.54, 1.807) is 19.1 Å². The molecule has 2 aromatic rings. The summed E-state index contributed by atoms with van der Waals surface area (Å²) in [6, 6.07) is 6.39. The van der Waals surface area contributed by atoms with Crippen molar-refractivity contribution in [2.75, 3.05) is 0 Å². The average molecular weight is 260 g/mol. The molecule has 0 aliphatic rings. The van der Waals surface area contributed by atoms with Gasteiger partial charge >= 0.3 is 5.97 Å². The Balaban J connectivity index is 2.00. The highest BCUT2D eigenvalue weighted by Crippen LogP contribution is 2.08. The van der Waals surface area contributed by atoms with Crippen molar-refractivity contribution in [1.29, 1.82) is 0 Å². The molecule has 0 saturated heterocycles. The molecular formula is C13H12N2O4. The van der Waals surface area contributed by atoms with E-state index in [4.69, 9.17) is 9.52 Å². The summed E-state index contributed by atoms with van der Waals surface area (Å²) in [6.45, 7) is 1.90. The van der Waals surface area contributed by atoms with Crippen LogP contribution in [0.4, 0.5) is 0 Å². The average Bonchev–Trinajstić information content (AvgIpc) is 2.85. The molecule has 0 aliphatic carbocycles. The molecule has 0 fully saturated rings. The van der Waals surface area contributed by atoms with Gasteiger partial charge in [0.15, 0.2) is 0 Å². The zero-order chi connectivity index (χ0) is 13.8. The molecule has 98 valence electrons. The van der Waals surface area contributed by atoms with Crippen LogP contribution in [0.3, 0.4) is 0 Å². The van der Waals surface area contributed by atoms with Crippen LogP contribution in [-0.4, -0.2) is 22.0 Å². The molecule has 0 aromatic carbocycles. The fourth-order valence-electron chi connectivity index (χ4n) is 1.56. The summed E-state index contributed by atoms with van der Waals surface area (Å²) < 4.78 is 5.03. The van der Waals surface area contributed by atoms with Gasteiger partial charge in [0.05, 0.1) is 6.54 Å². The number of aromatic carboxylic acids is 1. The second-order valence-corrected chi connectivity index (χ2v) is 3.92. The quantitative estimate of drug-likeness (QED) is 0.871. The lowest BCUT2D eigenvalue weighted by Gasteiger charge is -2.04. The van der Waals surface area contributed by atoms with Gasteiger partial charge in [0.1, 0.15) is 11.5 Å². The van der Waals surface area contributed by atoms with Gasteiger partial charge in [-0.1, -0.05) is 6.07 Å². The maximum absolute atomic E-state index is 11.8. The number of carboxylic acid groups (broad SMARTS) is 1.